The number of rotatable bonds is 7. The summed E-state index contributed by atoms with van der Waals surface area (Å²) in [7, 11) is 1.40. The molecule has 1 aliphatic rings. The quantitative estimate of drug-likeness (QED) is 0.249. The maximum atomic E-state index is 13.8. The lowest BCUT2D eigenvalue weighted by molar-refractivity contribution is -0.147. The molecule has 1 aliphatic carbocycles. The maximum absolute atomic E-state index is 13.8. The average Bonchev–Trinajstić information content (AvgIpc) is 3.38. The second-order valence-electron chi connectivity index (χ2n) is 10.7. The number of methoxy groups -OCH3 is 1. The Morgan fingerprint density at radius 2 is 1.73 bits per heavy atom. The first-order valence-corrected chi connectivity index (χ1v) is 13.7. The highest BCUT2D eigenvalue weighted by atomic mass is 19.4. The van der Waals surface area contributed by atoms with Crippen molar-refractivity contribution in [3.63, 3.8) is 0 Å². The summed E-state index contributed by atoms with van der Waals surface area (Å²) in [6.07, 6.45) is 0.222. The summed E-state index contributed by atoms with van der Waals surface area (Å²) in [6.45, 7) is 2.05. The highest BCUT2D eigenvalue weighted by molar-refractivity contribution is 6.07. The van der Waals surface area contributed by atoms with Crippen molar-refractivity contribution in [3.8, 4) is 11.1 Å². The summed E-state index contributed by atoms with van der Waals surface area (Å²) in [5.41, 5.74) is 2.43. The zero-order chi connectivity index (χ0) is 29.1. The van der Waals surface area contributed by atoms with E-state index in [1.54, 1.807) is 16.9 Å². The number of fused-ring (bicyclic) bond motifs is 1. The number of nitrogens with one attached hydrogen (secondary N) is 1. The Morgan fingerprint density at radius 3 is 2.41 bits per heavy atom. The van der Waals surface area contributed by atoms with Crippen LogP contribution in [0.5, 0.6) is 0 Å². The Labute approximate surface area is 236 Å². The molecule has 0 bridgehead atoms. The van der Waals surface area contributed by atoms with Crippen LogP contribution in [0.15, 0.2) is 72.9 Å². The Hall–Kier alpha value is -4.14. The van der Waals surface area contributed by atoms with E-state index in [-0.39, 0.29) is 36.3 Å². The summed E-state index contributed by atoms with van der Waals surface area (Å²) >= 11 is 0. The first kappa shape index (κ1) is 28.4. The van der Waals surface area contributed by atoms with E-state index in [1.807, 2.05) is 49.4 Å². The lowest BCUT2D eigenvalue weighted by Crippen LogP contribution is -2.40. The van der Waals surface area contributed by atoms with Crippen molar-refractivity contribution in [1.29, 1.82) is 0 Å². The van der Waals surface area contributed by atoms with E-state index in [2.05, 4.69) is 10.4 Å². The number of nitrogens with zero attached hydrogens (tertiary/aromatic N) is 2. The van der Waals surface area contributed by atoms with E-state index in [4.69, 9.17) is 4.74 Å². The third kappa shape index (κ3) is 6.29. The van der Waals surface area contributed by atoms with E-state index in [9.17, 15) is 22.8 Å². The molecule has 1 heterocycles. The molecule has 0 aliphatic heterocycles. The normalized spacial score (nSPS) is 18.2. The van der Waals surface area contributed by atoms with Crippen molar-refractivity contribution in [2.24, 2.45) is 11.8 Å². The van der Waals surface area contributed by atoms with Gasteiger partial charge in [0.25, 0.3) is 5.91 Å². The Bertz CT molecular complexity index is 1540. The summed E-state index contributed by atoms with van der Waals surface area (Å²) < 4.78 is 46.5. The van der Waals surface area contributed by atoms with Gasteiger partial charge in [0.2, 0.25) is 0 Å². The van der Waals surface area contributed by atoms with Gasteiger partial charge in [0.15, 0.2) is 0 Å². The summed E-state index contributed by atoms with van der Waals surface area (Å²) in [6, 6.07) is 18.4. The number of alkyl halides is 3. The molecule has 1 unspecified atom stereocenters. The molecule has 1 saturated carbocycles. The lowest BCUT2D eigenvalue weighted by atomic mass is 9.79. The molecule has 1 fully saturated rings. The largest absolute Gasteiger partial charge is 0.469 e. The summed E-state index contributed by atoms with van der Waals surface area (Å²) in [5, 5.41) is 8.35. The fourth-order valence-corrected chi connectivity index (χ4v) is 5.77. The standard InChI is InChI=1S/C32H32F3N3O3/c1-20(22-11-13-24(14-12-22)31(40)41-2)37-30(39)28-17-25(23-8-4-3-5-9-23)16-26-18-36-38(29(26)28)19-21-7-6-10-27(15-21)32(33,34)35/h3-10,15-18,20,22,24H,11-14,19H2,1-2H3,(H,37,39). The third-order valence-corrected chi connectivity index (χ3v) is 8.04. The van der Waals surface area contributed by atoms with Crippen LogP contribution >= 0.6 is 0 Å². The van der Waals surface area contributed by atoms with Crippen LogP contribution < -0.4 is 5.32 Å². The molecule has 4 aromatic rings. The number of carbonyl (C=O) groups is 2. The highest BCUT2D eigenvalue weighted by Crippen LogP contribution is 2.33. The Kier molecular flexibility index (Phi) is 8.15. The molecule has 1 atom stereocenters. The molecule has 41 heavy (non-hydrogen) atoms. The zero-order valence-electron chi connectivity index (χ0n) is 22.9. The number of halogens is 3. The number of benzene rings is 3. The van der Waals surface area contributed by atoms with Gasteiger partial charge in [-0.05, 0) is 79.5 Å². The number of hydrogen-bond donors (Lipinski definition) is 1. The smallest absolute Gasteiger partial charge is 0.416 e. The van der Waals surface area contributed by atoms with Gasteiger partial charge in [-0.3, -0.25) is 14.3 Å². The van der Waals surface area contributed by atoms with Gasteiger partial charge in [-0.15, -0.1) is 0 Å². The van der Waals surface area contributed by atoms with Crippen molar-refractivity contribution < 1.29 is 27.5 Å². The monoisotopic (exact) mass is 563 g/mol. The number of hydrogen-bond acceptors (Lipinski definition) is 4. The van der Waals surface area contributed by atoms with Crippen molar-refractivity contribution in [2.75, 3.05) is 7.11 Å². The molecule has 1 N–H and O–H groups in total. The molecular weight excluding hydrogens is 531 g/mol. The SMILES string of the molecule is COC(=O)C1CCC(C(C)NC(=O)c2cc(-c3ccccc3)cc3cnn(Cc4cccc(C(F)(F)F)c4)c23)CC1. The number of amides is 1. The molecule has 0 saturated heterocycles. The van der Waals surface area contributed by atoms with Crippen LogP contribution in [0.4, 0.5) is 13.2 Å². The molecule has 3 aromatic carbocycles. The van der Waals surface area contributed by atoms with Crippen LogP contribution in [0.25, 0.3) is 22.0 Å². The second-order valence-corrected chi connectivity index (χ2v) is 10.7. The van der Waals surface area contributed by atoms with Gasteiger partial charge in [0, 0.05) is 11.4 Å². The van der Waals surface area contributed by atoms with Crippen molar-refractivity contribution in [2.45, 2.75) is 51.4 Å². The topological polar surface area (TPSA) is 73.2 Å². The third-order valence-electron chi connectivity index (χ3n) is 8.04. The van der Waals surface area contributed by atoms with Crippen LogP contribution in [0.2, 0.25) is 0 Å². The van der Waals surface area contributed by atoms with Gasteiger partial charge in [0.1, 0.15) is 0 Å². The fraction of sp³-hybridized carbons (Fsp3) is 0.344. The van der Waals surface area contributed by atoms with E-state index in [0.717, 1.165) is 54.3 Å². The molecule has 5 rings (SSSR count). The molecule has 1 amide bonds. The van der Waals surface area contributed by atoms with Crippen molar-refractivity contribution in [1.82, 2.24) is 15.1 Å². The van der Waals surface area contributed by atoms with Gasteiger partial charge >= 0.3 is 12.1 Å². The van der Waals surface area contributed by atoms with Gasteiger partial charge in [-0.1, -0.05) is 42.5 Å². The molecule has 214 valence electrons. The number of aromatic nitrogens is 2. The van der Waals surface area contributed by atoms with Crippen LogP contribution in [-0.2, 0) is 22.3 Å². The van der Waals surface area contributed by atoms with Gasteiger partial charge < -0.3 is 10.1 Å². The Balaban J connectivity index is 1.46. The van der Waals surface area contributed by atoms with Gasteiger partial charge in [-0.2, -0.15) is 18.3 Å². The van der Waals surface area contributed by atoms with E-state index in [1.165, 1.54) is 13.2 Å². The second kappa shape index (κ2) is 11.8. The van der Waals surface area contributed by atoms with Gasteiger partial charge in [-0.25, -0.2) is 0 Å². The van der Waals surface area contributed by atoms with E-state index in [0.29, 0.717) is 16.6 Å². The minimum absolute atomic E-state index is 0.0749. The first-order chi connectivity index (χ1) is 19.6. The number of ether oxygens (including phenoxy) is 1. The number of carbonyl (C=O) groups excluding carboxylic acids is 2. The molecule has 6 nitrogen and oxygen atoms in total. The van der Waals surface area contributed by atoms with Crippen LogP contribution in [0.3, 0.4) is 0 Å². The molecule has 0 spiro atoms. The van der Waals surface area contributed by atoms with Crippen LogP contribution in [0, 0.1) is 11.8 Å². The van der Waals surface area contributed by atoms with Gasteiger partial charge in [0.05, 0.1) is 42.4 Å². The van der Waals surface area contributed by atoms with Crippen molar-refractivity contribution >= 4 is 22.8 Å². The van der Waals surface area contributed by atoms with Crippen LogP contribution in [-0.4, -0.2) is 34.8 Å². The molecule has 9 heteroatoms. The zero-order valence-corrected chi connectivity index (χ0v) is 22.9. The fourth-order valence-electron chi connectivity index (χ4n) is 5.77. The molecule has 1 aromatic heterocycles. The summed E-state index contributed by atoms with van der Waals surface area (Å²) in [5.74, 6) is -0.357. The maximum Gasteiger partial charge on any atom is 0.416 e. The molecular formula is C32H32F3N3O3. The molecule has 0 radical (unpaired) electrons. The van der Waals surface area contributed by atoms with Crippen LogP contribution in [0.1, 0.15) is 54.1 Å². The minimum Gasteiger partial charge on any atom is -0.469 e. The Morgan fingerprint density at radius 1 is 1.00 bits per heavy atom. The minimum atomic E-state index is -4.45. The number of esters is 1. The summed E-state index contributed by atoms with van der Waals surface area (Å²) in [4.78, 5) is 25.8. The predicted molar refractivity (Wildman–Crippen MR) is 150 cm³/mol. The highest BCUT2D eigenvalue weighted by Gasteiger charge is 2.32. The van der Waals surface area contributed by atoms with Crippen molar-refractivity contribution in [3.05, 3.63) is 89.6 Å². The average molecular weight is 564 g/mol. The van der Waals surface area contributed by atoms with E-state index < -0.39 is 11.7 Å². The lowest BCUT2D eigenvalue weighted by Gasteiger charge is -2.31. The predicted octanol–water partition coefficient (Wildman–Crippen LogP) is 6.87. The van der Waals surface area contributed by atoms with E-state index >= 15 is 0 Å². The first-order valence-electron chi connectivity index (χ1n) is 13.7.